The molecule has 1 amide bonds. The number of aliphatic hydroxyl groups excluding tert-OH is 1. The molecule has 0 aliphatic carbocycles. The molecule has 0 spiro atoms. The summed E-state index contributed by atoms with van der Waals surface area (Å²) >= 11 is 0. The molecular weight excluding hydrogens is 410 g/mol. The van der Waals surface area contributed by atoms with Crippen LogP contribution < -0.4 is 14.8 Å². The van der Waals surface area contributed by atoms with Gasteiger partial charge in [-0.1, -0.05) is 66.7 Å². The number of amides is 1. The summed E-state index contributed by atoms with van der Waals surface area (Å²) in [5.41, 5.74) is 2.19. The summed E-state index contributed by atoms with van der Waals surface area (Å²) in [5.74, 6) is -1.09. The van der Waals surface area contributed by atoms with Crippen LogP contribution in [0.15, 0.2) is 78.9 Å². The Morgan fingerprint density at radius 3 is 1.88 bits per heavy atom. The van der Waals surface area contributed by atoms with Gasteiger partial charge in [0.05, 0.1) is 0 Å². The van der Waals surface area contributed by atoms with E-state index in [9.17, 15) is 19.8 Å². The summed E-state index contributed by atoms with van der Waals surface area (Å²) in [4.78, 5) is 22.9. The van der Waals surface area contributed by atoms with Crippen molar-refractivity contribution < 1.29 is 29.3 Å². The van der Waals surface area contributed by atoms with Crippen molar-refractivity contribution in [2.45, 2.75) is 32.3 Å². The molecule has 0 bridgehead atoms. The van der Waals surface area contributed by atoms with Crippen LogP contribution in [-0.2, 0) is 22.8 Å². The number of aliphatic carboxylic acids is 1. The maximum Gasteiger partial charge on any atom is 0.329 e. The zero-order valence-electron chi connectivity index (χ0n) is 17.6. The van der Waals surface area contributed by atoms with Crippen molar-refractivity contribution in [1.29, 1.82) is 0 Å². The minimum absolute atomic E-state index is 0.260. The van der Waals surface area contributed by atoms with Gasteiger partial charge < -0.3 is 25.0 Å². The number of carboxylic acid groups (broad SMARTS) is 1. The van der Waals surface area contributed by atoms with E-state index in [0.717, 1.165) is 11.1 Å². The Morgan fingerprint density at radius 1 is 0.844 bits per heavy atom. The first-order chi connectivity index (χ1) is 15.4. The molecule has 1 unspecified atom stereocenters. The van der Waals surface area contributed by atoms with Crippen LogP contribution >= 0.6 is 0 Å². The molecule has 3 aromatic carbocycles. The monoisotopic (exact) mass is 435 g/mol. The molecular formula is C25H25NO6. The smallest absolute Gasteiger partial charge is 0.329 e. The van der Waals surface area contributed by atoms with Gasteiger partial charge >= 0.3 is 5.97 Å². The molecule has 3 N–H and O–H groups in total. The van der Waals surface area contributed by atoms with Crippen LogP contribution in [0, 0.1) is 0 Å². The fraction of sp³-hybridized carbons (Fsp3) is 0.200. The van der Waals surface area contributed by atoms with E-state index in [4.69, 9.17) is 9.47 Å². The Bertz CT molecular complexity index is 1040. The lowest BCUT2D eigenvalue weighted by Gasteiger charge is -2.21. The van der Waals surface area contributed by atoms with Gasteiger partial charge in [-0.2, -0.15) is 0 Å². The molecule has 0 aliphatic rings. The standard InChI is InChI=1S/C25H25NO6/c1-17(27)26-23(25(29)30)24(28)20-12-13-21(31-15-18-8-4-2-5-9-18)22(14-20)32-16-19-10-6-3-7-11-19/h2-14,23-24,28H,15-16H2,1H3,(H,26,27)(H,29,30)/t23-,24?/m0/s1. The second kappa shape index (κ2) is 11.0. The molecule has 3 rings (SSSR count). The Balaban J connectivity index is 1.85. The van der Waals surface area contributed by atoms with Crippen LogP contribution in [-0.4, -0.2) is 28.1 Å². The van der Waals surface area contributed by atoms with Gasteiger partial charge in [-0.25, -0.2) is 4.79 Å². The van der Waals surface area contributed by atoms with Gasteiger partial charge in [0.1, 0.15) is 19.3 Å². The number of benzene rings is 3. The van der Waals surface area contributed by atoms with E-state index < -0.39 is 24.0 Å². The lowest BCUT2D eigenvalue weighted by atomic mass is 10.0. The summed E-state index contributed by atoms with van der Waals surface area (Å²) in [7, 11) is 0. The molecule has 0 saturated heterocycles. The fourth-order valence-corrected chi connectivity index (χ4v) is 3.10. The van der Waals surface area contributed by atoms with Crippen molar-refractivity contribution in [2.75, 3.05) is 0 Å². The third-order valence-electron chi connectivity index (χ3n) is 4.72. The topological polar surface area (TPSA) is 105 Å². The van der Waals surface area contributed by atoms with Crippen LogP contribution in [0.2, 0.25) is 0 Å². The predicted octanol–water partition coefficient (Wildman–Crippen LogP) is 3.47. The molecule has 0 aliphatic heterocycles. The predicted molar refractivity (Wildman–Crippen MR) is 118 cm³/mol. The molecule has 0 heterocycles. The molecule has 3 aromatic rings. The van der Waals surface area contributed by atoms with E-state index in [1.54, 1.807) is 12.1 Å². The number of hydrogen-bond acceptors (Lipinski definition) is 5. The van der Waals surface area contributed by atoms with E-state index in [-0.39, 0.29) is 12.2 Å². The minimum atomic E-state index is -1.49. The summed E-state index contributed by atoms with van der Waals surface area (Å²) in [6, 6.07) is 22.4. The first kappa shape index (κ1) is 22.8. The number of aliphatic hydroxyl groups is 1. The molecule has 32 heavy (non-hydrogen) atoms. The first-order valence-corrected chi connectivity index (χ1v) is 10.1. The molecule has 0 aromatic heterocycles. The number of ether oxygens (including phenoxy) is 2. The Hall–Kier alpha value is -3.84. The van der Waals surface area contributed by atoms with Gasteiger partial charge in [0.25, 0.3) is 0 Å². The quantitative estimate of drug-likeness (QED) is 0.450. The fourth-order valence-electron chi connectivity index (χ4n) is 3.10. The number of nitrogens with one attached hydrogen (secondary N) is 1. The first-order valence-electron chi connectivity index (χ1n) is 10.1. The van der Waals surface area contributed by atoms with Gasteiger partial charge in [-0.05, 0) is 28.8 Å². The molecule has 0 saturated carbocycles. The van der Waals surface area contributed by atoms with Crippen molar-refractivity contribution >= 4 is 11.9 Å². The third-order valence-corrected chi connectivity index (χ3v) is 4.72. The van der Waals surface area contributed by atoms with Crippen LogP contribution in [0.25, 0.3) is 0 Å². The molecule has 7 nitrogen and oxygen atoms in total. The van der Waals surface area contributed by atoms with E-state index in [0.29, 0.717) is 18.1 Å². The summed E-state index contributed by atoms with van der Waals surface area (Å²) in [6.45, 7) is 1.77. The van der Waals surface area contributed by atoms with E-state index in [1.165, 1.54) is 13.0 Å². The average Bonchev–Trinajstić information content (AvgIpc) is 2.80. The second-order valence-electron chi connectivity index (χ2n) is 7.22. The maximum atomic E-state index is 11.5. The maximum absolute atomic E-state index is 11.5. The molecule has 166 valence electrons. The van der Waals surface area contributed by atoms with E-state index in [2.05, 4.69) is 5.32 Å². The number of rotatable bonds is 10. The summed E-state index contributed by atoms with van der Waals surface area (Å²) in [5, 5.41) is 22.3. The SMILES string of the molecule is CC(=O)N[C@H](C(=O)O)C(O)c1ccc(OCc2ccccc2)c(OCc2ccccc2)c1. The van der Waals surface area contributed by atoms with Gasteiger partial charge in [0.15, 0.2) is 17.5 Å². The highest BCUT2D eigenvalue weighted by Crippen LogP contribution is 2.33. The highest BCUT2D eigenvalue weighted by molar-refractivity contribution is 5.82. The Kier molecular flexibility index (Phi) is 7.83. The lowest BCUT2D eigenvalue weighted by molar-refractivity contribution is -0.145. The molecule has 2 atom stereocenters. The molecule has 7 heteroatoms. The number of carbonyl (C=O) groups excluding carboxylic acids is 1. The summed E-state index contributed by atoms with van der Waals surface area (Å²) < 4.78 is 11.9. The highest BCUT2D eigenvalue weighted by Gasteiger charge is 2.29. The highest BCUT2D eigenvalue weighted by atomic mass is 16.5. The van der Waals surface area contributed by atoms with Gasteiger partial charge in [-0.15, -0.1) is 0 Å². The largest absolute Gasteiger partial charge is 0.485 e. The summed E-state index contributed by atoms with van der Waals surface area (Å²) in [6.07, 6.45) is -1.47. The third kappa shape index (κ3) is 6.33. The number of carboxylic acids is 1. The van der Waals surface area contributed by atoms with Crippen molar-refractivity contribution in [2.24, 2.45) is 0 Å². The van der Waals surface area contributed by atoms with Gasteiger partial charge in [-0.3, -0.25) is 4.79 Å². The van der Waals surface area contributed by atoms with Gasteiger partial charge in [0.2, 0.25) is 5.91 Å². The second-order valence-corrected chi connectivity index (χ2v) is 7.22. The van der Waals surface area contributed by atoms with Crippen molar-refractivity contribution in [3.8, 4) is 11.5 Å². The lowest BCUT2D eigenvalue weighted by Crippen LogP contribution is -2.44. The zero-order chi connectivity index (χ0) is 22.9. The van der Waals surface area contributed by atoms with Crippen LogP contribution in [0.4, 0.5) is 0 Å². The van der Waals surface area contributed by atoms with Crippen molar-refractivity contribution in [3.05, 3.63) is 95.6 Å². The van der Waals surface area contributed by atoms with Crippen LogP contribution in [0.3, 0.4) is 0 Å². The van der Waals surface area contributed by atoms with Crippen LogP contribution in [0.5, 0.6) is 11.5 Å². The normalized spacial score (nSPS) is 12.4. The van der Waals surface area contributed by atoms with E-state index in [1.807, 2.05) is 60.7 Å². The minimum Gasteiger partial charge on any atom is -0.485 e. The van der Waals surface area contributed by atoms with Gasteiger partial charge in [0, 0.05) is 6.92 Å². The molecule has 0 radical (unpaired) electrons. The Morgan fingerprint density at radius 2 is 1.38 bits per heavy atom. The zero-order valence-corrected chi connectivity index (χ0v) is 17.6. The van der Waals surface area contributed by atoms with Crippen molar-refractivity contribution in [3.63, 3.8) is 0 Å². The number of hydrogen-bond donors (Lipinski definition) is 3. The van der Waals surface area contributed by atoms with Crippen molar-refractivity contribution in [1.82, 2.24) is 5.32 Å². The number of carbonyl (C=O) groups is 2. The van der Waals surface area contributed by atoms with E-state index >= 15 is 0 Å². The Labute approximate surface area is 186 Å². The molecule has 0 fully saturated rings. The van der Waals surface area contributed by atoms with Crippen LogP contribution in [0.1, 0.15) is 29.7 Å². The average molecular weight is 435 g/mol.